The summed E-state index contributed by atoms with van der Waals surface area (Å²) in [6, 6.07) is 8.29. The van der Waals surface area contributed by atoms with Crippen LogP contribution in [-0.4, -0.2) is 49.6 Å². The van der Waals surface area contributed by atoms with Crippen LogP contribution in [0.2, 0.25) is 0 Å². The summed E-state index contributed by atoms with van der Waals surface area (Å²) in [5, 5.41) is 3.34. The number of nitrogens with zero attached hydrogens (tertiary/aromatic N) is 2. The largest absolute Gasteiger partial charge is 0.314 e. The lowest BCUT2D eigenvalue weighted by Crippen LogP contribution is -2.54. The molecule has 1 aromatic rings. The van der Waals surface area contributed by atoms with Crippen molar-refractivity contribution >= 4 is 36.4 Å². The number of halogens is 2. The van der Waals surface area contributed by atoms with E-state index in [2.05, 4.69) is 28.4 Å². The van der Waals surface area contributed by atoms with E-state index in [1.807, 2.05) is 17.9 Å². The smallest absolute Gasteiger partial charge is 0.244 e. The lowest BCUT2D eigenvalue weighted by atomic mass is 10.0. The fraction of sp³-hybridized carbons (Fsp3) is 0.562. The van der Waals surface area contributed by atoms with Crippen molar-refractivity contribution in [3.63, 3.8) is 0 Å². The molecule has 0 aromatic heterocycles. The first-order valence-electron chi connectivity index (χ1n) is 7.61. The summed E-state index contributed by atoms with van der Waals surface area (Å²) in [7, 11) is 0. The molecule has 1 N–H and O–H groups in total. The number of amides is 1. The van der Waals surface area contributed by atoms with E-state index >= 15 is 0 Å². The van der Waals surface area contributed by atoms with Crippen molar-refractivity contribution in [1.29, 1.82) is 0 Å². The molecule has 3 rings (SSSR count). The van der Waals surface area contributed by atoms with Crippen LogP contribution in [0.4, 0.5) is 5.69 Å². The van der Waals surface area contributed by atoms with Gasteiger partial charge in [-0.2, -0.15) is 0 Å². The topological polar surface area (TPSA) is 35.6 Å². The molecule has 1 amide bonds. The summed E-state index contributed by atoms with van der Waals surface area (Å²) in [5.74, 6) is 0.249. The van der Waals surface area contributed by atoms with Crippen LogP contribution in [0.1, 0.15) is 18.9 Å². The molecule has 6 heteroatoms. The number of carbonyl (C=O) groups is 1. The number of rotatable bonds is 2. The number of piperazine rings is 1. The Morgan fingerprint density at radius 1 is 1.14 bits per heavy atom. The summed E-state index contributed by atoms with van der Waals surface area (Å²) < 4.78 is 0. The molecule has 0 aliphatic carbocycles. The number of hydrogen-bond acceptors (Lipinski definition) is 3. The zero-order valence-corrected chi connectivity index (χ0v) is 14.6. The normalized spacial score (nSPS) is 19.4. The summed E-state index contributed by atoms with van der Waals surface area (Å²) in [6.07, 6.45) is 2.15. The van der Waals surface area contributed by atoms with E-state index in [-0.39, 0.29) is 36.8 Å². The third-order valence-corrected chi connectivity index (χ3v) is 4.43. The number of nitrogens with one attached hydrogen (secondary N) is 1. The molecule has 1 fully saturated rings. The first kappa shape index (κ1) is 19.2. The molecule has 1 aromatic carbocycles. The van der Waals surface area contributed by atoms with Gasteiger partial charge in [-0.1, -0.05) is 18.2 Å². The Morgan fingerprint density at radius 2 is 1.82 bits per heavy atom. The van der Waals surface area contributed by atoms with E-state index < -0.39 is 0 Å². The van der Waals surface area contributed by atoms with E-state index in [1.54, 1.807) is 0 Å². The Morgan fingerprint density at radius 3 is 2.55 bits per heavy atom. The first-order valence-corrected chi connectivity index (χ1v) is 7.61. The minimum atomic E-state index is -0.0248. The molecule has 0 radical (unpaired) electrons. The van der Waals surface area contributed by atoms with Crippen molar-refractivity contribution in [2.45, 2.75) is 25.8 Å². The first-order chi connectivity index (χ1) is 9.77. The van der Waals surface area contributed by atoms with Crippen molar-refractivity contribution in [3.8, 4) is 0 Å². The van der Waals surface area contributed by atoms with Crippen molar-refractivity contribution in [2.75, 3.05) is 37.6 Å². The average Bonchev–Trinajstić information content (AvgIpc) is 2.54. The minimum absolute atomic E-state index is 0. The highest BCUT2D eigenvalue weighted by atomic mass is 35.5. The molecule has 22 heavy (non-hydrogen) atoms. The quantitative estimate of drug-likeness (QED) is 0.891. The number of aryl methyl sites for hydroxylation is 1. The Bertz CT molecular complexity index is 492. The minimum Gasteiger partial charge on any atom is -0.314 e. The molecule has 124 valence electrons. The Labute approximate surface area is 145 Å². The summed E-state index contributed by atoms with van der Waals surface area (Å²) in [6.45, 7) is 6.78. The summed E-state index contributed by atoms with van der Waals surface area (Å²) >= 11 is 0. The van der Waals surface area contributed by atoms with E-state index in [1.165, 1.54) is 5.56 Å². The molecule has 1 saturated heterocycles. The molecule has 0 saturated carbocycles. The van der Waals surface area contributed by atoms with Crippen LogP contribution in [0.25, 0.3) is 0 Å². The predicted octanol–water partition coefficient (Wildman–Crippen LogP) is 2.10. The van der Waals surface area contributed by atoms with Crippen LogP contribution in [-0.2, 0) is 11.2 Å². The van der Waals surface area contributed by atoms with Crippen LogP contribution >= 0.6 is 24.8 Å². The lowest BCUT2D eigenvalue weighted by Gasteiger charge is -2.37. The molecule has 0 bridgehead atoms. The maximum absolute atomic E-state index is 12.8. The van der Waals surface area contributed by atoms with Gasteiger partial charge in [-0.05, 0) is 31.4 Å². The van der Waals surface area contributed by atoms with E-state index in [4.69, 9.17) is 0 Å². The SMILES string of the molecule is CC(C(=O)N1CCCc2ccccc21)N1CCNCC1.Cl.Cl. The molecular formula is C16H25Cl2N3O. The predicted molar refractivity (Wildman–Crippen MR) is 95.5 cm³/mol. The fourth-order valence-electron chi connectivity index (χ4n) is 3.21. The highest BCUT2D eigenvalue weighted by molar-refractivity contribution is 5.98. The van der Waals surface area contributed by atoms with Gasteiger partial charge in [0.2, 0.25) is 5.91 Å². The van der Waals surface area contributed by atoms with Gasteiger partial charge < -0.3 is 10.2 Å². The average molecular weight is 346 g/mol. The van der Waals surface area contributed by atoms with Gasteiger partial charge in [0, 0.05) is 38.4 Å². The maximum atomic E-state index is 12.8. The number of para-hydroxylation sites is 1. The number of hydrogen-bond donors (Lipinski definition) is 1. The van der Waals surface area contributed by atoms with Crippen LogP contribution in [0.5, 0.6) is 0 Å². The molecule has 2 heterocycles. The standard InChI is InChI=1S/C16H23N3O.2ClH/c1-13(18-11-8-17-9-12-18)16(20)19-10-4-6-14-5-2-3-7-15(14)19;;/h2-3,5,7,13,17H,4,6,8-12H2,1H3;2*1H. The van der Waals surface area contributed by atoms with E-state index in [0.29, 0.717) is 0 Å². The Hall–Kier alpha value is -0.810. The molecule has 2 aliphatic rings. The number of anilines is 1. The molecule has 0 spiro atoms. The maximum Gasteiger partial charge on any atom is 0.244 e. The molecule has 4 nitrogen and oxygen atoms in total. The summed E-state index contributed by atoms with van der Waals surface area (Å²) in [4.78, 5) is 17.1. The van der Waals surface area contributed by atoms with Gasteiger partial charge in [-0.25, -0.2) is 0 Å². The second-order valence-corrected chi connectivity index (χ2v) is 5.68. The molecule has 1 atom stereocenters. The van der Waals surface area contributed by atoms with Crippen LogP contribution in [0.3, 0.4) is 0 Å². The van der Waals surface area contributed by atoms with Crippen molar-refractivity contribution in [1.82, 2.24) is 10.2 Å². The highest BCUT2D eigenvalue weighted by Crippen LogP contribution is 2.27. The zero-order chi connectivity index (χ0) is 13.9. The third-order valence-electron chi connectivity index (χ3n) is 4.43. The van der Waals surface area contributed by atoms with Gasteiger partial charge in [0.05, 0.1) is 6.04 Å². The van der Waals surface area contributed by atoms with E-state index in [9.17, 15) is 4.79 Å². The summed E-state index contributed by atoms with van der Waals surface area (Å²) in [5.41, 5.74) is 2.42. The molecule has 2 aliphatic heterocycles. The van der Waals surface area contributed by atoms with Crippen LogP contribution in [0.15, 0.2) is 24.3 Å². The Kier molecular flexibility index (Phi) is 7.63. The van der Waals surface area contributed by atoms with Crippen molar-refractivity contribution in [3.05, 3.63) is 29.8 Å². The van der Waals surface area contributed by atoms with Gasteiger partial charge >= 0.3 is 0 Å². The monoisotopic (exact) mass is 345 g/mol. The van der Waals surface area contributed by atoms with Crippen LogP contribution in [0, 0.1) is 0 Å². The van der Waals surface area contributed by atoms with Crippen LogP contribution < -0.4 is 10.2 Å². The highest BCUT2D eigenvalue weighted by Gasteiger charge is 2.29. The van der Waals surface area contributed by atoms with Gasteiger partial charge in [-0.15, -0.1) is 24.8 Å². The van der Waals surface area contributed by atoms with Crippen molar-refractivity contribution < 1.29 is 4.79 Å². The fourth-order valence-corrected chi connectivity index (χ4v) is 3.21. The second kappa shape index (κ2) is 8.73. The molecular weight excluding hydrogens is 321 g/mol. The third kappa shape index (κ3) is 3.93. The van der Waals surface area contributed by atoms with Crippen molar-refractivity contribution in [2.24, 2.45) is 0 Å². The zero-order valence-electron chi connectivity index (χ0n) is 13.0. The van der Waals surface area contributed by atoms with Gasteiger partial charge in [-0.3, -0.25) is 9.69 Å². The number of benzene rings is 1. The van der Waals surface area contributed by atoms with Gasteiger partial charge in [0.15, 0.2) is 0 Å². The Balaban J connectivity index is 0.00000121. The van der Waals surface area contributed by atoms with Gasteiger partial charge in [0.25, 0.3) is 0 Å². The number of carbonyl (C=O) groups excluding carboxylic acids is 1. The van der Waals surface area contributed by atoms with Gasteiger partial charge in [0.1, 0.15) is 0 Å². The second-order valence-electron chi connectivity index (χ2n) is 5.68. The van der Waals surface area contributed by atoms with E-state index in [0.717, 1.165) is 51.3 Å². The molecule has 1 unspecified atom stereocenters. The lowest BCUT2D eigenvalue weighted by molar-refractivity contribution is -0.123. The number of fused-ring (bicyclic) bond motifs is 1.